The highest BCUT2D eigenvalue weighted by Crippen LogP contribution is 2.44. The van der Waals surface area contributed by atoms with E-state index in [9.17, 15) is 26.7 Å². The van der Waals surface area contributed by atoms with Crippen molar-refractivity contribution in [1.82, 2.24) is 9.78 Å². The molecule has 0 fully saturated rings. The number of rotatable bonds is 8. The maximum atomic E-state index is 14.2. The van der Waals surface area contributed by atoms with Gasteiger partial charge in [-0.25, -0.2) is 8.78 Å². The molecule has 0 spiro atoms. The van der Waals surface area contributed by atoms with Gasteiger partial charge in [-0.05, 0) is 12.1 Å². The number of anilines is 2. The number of halogens is 5. The van der Waals surface area contributed by atoms with E-state index in [2.05, 4.69) is 5.10 Å². The van der Waals surface area contributed by atoms with E-state index in [1.165, 1.54) is 21.3 Å². The molecular formula is C16H16F5N3O3S. The van der Waals surface area contributed by atoms with E-state index < -0.39 is 41.2 Å². The minimum Gasteiger partial charge on any atom is -0.355 e. The molecule has 0 unspecified atom stereocenters. The van der Waals surface area contributed by atoms with Crippen LogP contribution >= 0.6 is 11.8 Å². The number of thioether (sulfide) groups is 1. The van der Waals surface area contributed by atoms with Crippen LogP contribution in [0.2, 0.25) is 0 Å². The van der Waals surface area contributed by atoms with E-state index in [4.69, 9.17) is 9.47 Å². The smallest absolute Gasteiger partial charge is 0.355 e. The zero-order valence-electron chi connectivity index (χ0n) is 15.0. The van der Waals surface area contributed by atoms with Gasteiger partial charge in [0.2, 0.25) is 6.41 Å². The minimum atomic E-state index is -4.93. The van der Waals surface area contributed by atoms with Gasteiger partial charge in [0, 0.05) is 27.3 Å². The summed E-state index contributed by atoms with van der Waals surface area (Å²) in [5, 5.41) is 3.36. The van der Waals surface area contributed by atoms with Crippen LogP contribution in [0, 0.1) is 11.6 Å². The second-order valence-electron chi connectivity index (χ2n) is 5.41. The predicted molar refractivity (Wildman–Crippen MR) is 91.3 cm³/mol. The van der Waals surface area contributed by atoms with E-state index in [0.29, 0.717) is 11.0 Å². The summed E-state index contributed by atoms with van der Waals surface area (Å²) in [5.74, 6) is -2.08. The first-order chi connectivity index (χ1) is 13.1. The van der Waals surface area contributed by atoms with E-state index in [1.54, 1.807) is 0 Å². The van der Waals surface area contributed by atoms with Gasteiger partial charge in [0.25, 0.3) is 0 Å². The zero-order chi connectivity index (χ0) is 21.1. The molecule has 0 aliphatic rings. The van der Waals surface area contributed by atoms with Crippen LogP contribution in [0.15, 0.2) is 23.2 Å². The largest absolute Gasteiger partial charge is 0.437 e. The highest BCUT2D eigenvalue weighted by Gasteiger charge is 2.41. The second kappa shape index (κ2) is 8.88. The number of methoxy groups -OCH3 is 2. The number of aromatic nitrogens is 2. The Morgan fingerprint density at radius 1 is 1.29 bits per heavy atom. The molecule has 2 aromatic rings. The predicted octanol–water partition coefficient (Wildman–Crippen LogP) is 3.72. The Morgan fingerprint density at radius 2 is 1.93 bits per heavy atom. The molecule has 1 heterocycles. The highest BCUT2D eigenvalue weighted by atomic mass is 32.2. The van der Waals surface area contributed by atoms with Crippen LogP contribution in [0.5, 0.6) is 0 Å². The monoisotopic (exact) mass is 425 g/mol. The number of ether oxygens (including phenoxy) is 2. The molecule has 0 saturated heterocycles. The summed E-state index contributed by atoms with van der Waals surface area (Å²) < 4.78 is 78.8. The van der Waals surface area contributed by atoms with Crippen LogP contribution in [0.3, 0.4) is 0 Å². The molecule has 0 saturated carbocycles. The quantitative estimate of drug-likeness (QED) is 0.279. The maximum Gasteiger partial charge on any atom is 0.437 e. The summed E-state index contributed by atoms with van der Waals surface area (Å²) in [4.78, 5) is 12.1. The molecule has 1 amide bonds. The van der Waals surface area contributed by atoms with E-state index in [1.807, 2.05) is 0 Å². The topological polar surface area (TPSA) is 56.6 Å². The molecule has 0 aliphatic carbocycles. The van der Waals surface area contributed by atoms with Gasteiger partial charge in [-0.15, -0.1) is 0 Å². The average molecular weight is 425 g/mol. The van der Waals surface area contributed by atoms with Gasteiger partial charge in [-0.3, -0.25) is 14.4 Å². The SMILES string of the molecule is COC(CSc1c(N(C=O)c2ccc(F)cc2F)c(C(F)(F)F)nn1C)OC. The van der Waals surface area contributed by atoms with Gasteiger partial charge in [-0.1, -0.05) is 11.8 Å². The van der Waals surface area contributed by atoms with Gasteiger partial charge in [-0.2, -0.15) is 18.3 Å². The van der Waals surface area contributed by atoms with Crippen LogP contribution in [0.25, 0.3) is 0 Å². The number of carbonyl (C=O) groups is 1. The normalized spacial score (nSPS) is 11.9. The lowest BCUT2D eigenvalue weighted by Crippen LogP contribution is -2.21. The van der Waals surface area contributed by atoms with Crippen molar-refractivity contribution in [2.45, 2.75) is 17.5 Å². The number of hydrogen-bond donors (Lipinski definition) is 0. The zero-order valence-corrected chi connectivity index (χ0v) is 15.8. The molecular weight excluding hydrogens is 409 g/mol. The maximum absolute atomic E-state index is 14.2. The molecule has 2 rings (SSSR count). The van der Waals surface area contributed by atoms with Crippen molar-refractivity contribution in [2.24, 2.45) is 7.05 Å². The van der Waals surface area contributed by atoms with Crippen molar-refractivity contribution in [3.63, 3.8) is 0 Å². The van der Waals surface area contributed by atoms with Crippen molar-refractivity contribution < 1.29 is 36.2 Å². The summed E-state index contributed by atoms with van der Waals surface area (Å²) >= 11 is 0.869. The summed E-state index contributed by atoms with van der Waals surface area (Å²) in [6, 6.07) is 2.17. The van der Waals surface area contributed by atoms with E-state index >= 15 is 0 Å². The lowest BCUT2D eigenvalue weighted by Gasteiger charge is -2.21. The molecule has 154 valence electrons. The number of alkyl halides is 3. The number of aryl methyl sites for hydroxylation is 1. The molecule has 1 aromatic carbocycles. The highest BCUT2D eigenvalue weighted by molar-refractivity contribution is 7.99. The molecule has 0 atom stereocenters. The van der Waals surface area contributed by atoms with E-state index in [-0.39, 0.29) is 17.2 Å². The second-order valence-corrected chi connectivity index (χ2v) is 6.42. The Labute approximate surface area is 161 Å². The van der Waals surface area contributed by atoms with E-state index in [0.717, 1.165) is 28.6 Å². The summed E-state index contributed by atoms with van der Waals surface area (Å²) in [6.07, 6.45) is -5.66. The van der Waals surface area contributed by atoms with Gasteiger partial charge in [0.15, 0.2) is 12.0 Å². The number of nitrogens with zero attached hydrogens (tertiary/aromatic N) is 3. The van der Waals surface area contributed by atoms with Crippen molar-refractivity contribution in [1.29, 1.82) is 0 Å². The Bertz CT molecular complexity index is 840. The van der Waals surface area contributed by atoms with Gasteiger partial charge in [0.1, 0.15) is 22.3 Å². The molecule has 0 radical (unpaired) electrons. The van der Waals surface area contributed by atoms with Gasteiger partial charge in [0.05, 0.1) is 11.4 Å². The number of amides is 1. The van der Waals surface area contributed by atoms with Crippen molar-refractivity contribution >= 4 is 29.5 Å². The number of carbonyl (C=O) groups excluding carboxylic acids is 1. The molecule has 0 N–H and O–H groups in total. The Balaban J connectivity index is 2.62. The summed E-state index contributed by atoms with van der Waals surface area (Å²) in [5.41, 5.74) is -2.61. The van der Waals surface area contributed by atoms with Crippen LogP contribution in [0.4, 0.5) is 33.3 Å². The molecule has 28 heavy (non-hydrogen) atoms. The molecule has 0 aliphatic heterocycles. The first kappa shape index (κ1) is 22.1. The minimum absolute atomic E-state index is 0.0107. The Hall–Kier alpha value is -2.18. The fourth-order valence-electron chi connectivity index (χ4n) is 2.35. The fraction of sp³-hybridized carbons (Fsp3) is 0.375. The average Bonchev–Trinajstić information content (AvgIpc) is 2.95. The molecule has 6 nitrogen and oxygen atoms in total. The first-order valence-electron chi connectivity index (χ1n) is 7.66. The van der Waals surface area contributed by atoms with Crippen LogP contribution in [-0.2, 0) is 27.5 Å². The van der Waals surface area contributed by atoms with Crippen LogP contribution in [0.1, 0.15) is 5.69 Å². The molecule has 0 bridgehead atoms. The lowest BCUT2D eigenvalue weighted by molar-refractivity contribution is -0.140. The van der Waals surface area contributed by atoms with Crippen LogP contribution < -0.4 is 4.90 Å². The third-order valence-electron chi connectivity index (χ3n) is 3.64. The fourth-order valence-corrected chi connectivity index (χ4v) is 3.48. The van der Waals surface area contributed by atoms with Gasteiger partial charge < -0.3 is 9.47 Å². The lowest BCUT2D eigenvalue weighted by atomic mass is 10.2. The molecule has 12 heteroatoms. The third-order valence-corrected chi connectivity index (χ3v) is 4.81. The first-order valence-corrected chi connectivity index (χ1v) is 8.64. The van der Waals surface area contributed by atoms with Crippen molar-refractivity contribution in [3.05, 3.63) is 35.5 Å². The summed E-state index contributed by atoms with van der Waals surface area (Å²) in [7, 11) is 3.96. The number of benzene rings is 1. The Morgan fingerprint density at radius 3 is 2.43 bits per heavy atom. The van der Waals surface area contributed by atoms with Crippen molar-refractivity contribution in [3.8, 4) is 0 Å². The standard InChI is InChI=1S/C16H16F5N3O3S/c1-23-15(28-7-12(26-2)27-3)13(14(22-23)16(19,20)21)24(8-25)11-5-4-9(17)6-10(11)18/h4-6,8,12H,7H2,1-3H3. The number of hydrogen-bond acceptors (Lipinski definition) is 5. The Kier molecular flexibility index (Phi) is 7.01. The molecule has 1 aromatic heterocycles. The van der Waals surface area contributed by atoms with Gasteiger partial charge >= 0.3 is 6.18 Å². The summed E-state index contributed by atoms with van der Waals surface area (Å²) in [6.45, 7) is 0. The third kappa shape index (κ3) is 4.62. The van der Waals surface area contributed by atoms with Crippen molar-refractivity contribution in [2.75, 3.05) is 24.9 Å². The van der Waals surface area contributed by atoms with Crippen LogP contribution in [-0.4, -0.2) is 42.5 Å².